The second-order valence-corrected chi connectivity index (χ2v) is 5.93. The number of hydrazone groups is 1. The fraction of sp³-hybridized carbons (Fsp3) is 0.143. The van der Waals surface area contributed by atoms with Gasteiger partial charge in [0.2, 0.25) is 0 Å². The predicted octanol–water partition coefficient (Wildman–Crippen LogP) is 3.47. The summed E-state index contributed by atoms with van der Waals surface area (Å²) in [6, 6.07) is 18.4. The minimum atomic E-state index is -0.710. The lowest BCUT2D eigenvalue weighted by atomic mass is 10.1. The molecule has 0 heterocycles. The average Bonchev–Trinajstić information content (AvgIpc) is 2.69. The molecule has 0 bridgehead atoms. The Balaban J connectivity index is 1.59. The van der Waals surface area contributed by atoms with Crippen molar-refractivity contribution in [1.29, 1.82) is 0 Å². The lowest BCUT2D eigenvalue weighted by molar-refractivity contribution is -0.127. The van der Waals surface area contributed by atoms with Crippen molar-refractivity contribution in [3.63, 3.8) is 0 Å². The van der Waals surface area contributed by atoms with E-state index < -0.39 is 6.10 Å². The Kier molecular flexibility index (Phi) is 5.56. The number of phenolic OH excluding ortho intramolecular Hbond substituents is 1. The monoisotopic (exact) mass is 364 g/mol. The molecule has 2 N–H and O–H groups in total. The average molecular weight is 364 g/mol. The number of aromatic hydroxyl groups is 1. The van der Waals surface area contributed by atoms with Gasteiger partial charge in [0.05, 0.1) is 13.3 Å². The van der Waals surface area contributed by atoms with Gasteiger partial charge in [-0.1, -0.05) is 30.3 Å². The molecular weight excluding hydrogens is 344 g/mol. The molecule has 0 spiro atoms. The van der Waals surface area contributed by atoms with Gasteiger partial charge >= 0.3 is 0 Å². The van der Waals surface area contributed by atoms with Crippen LogP contribution in [-0.4, -0.2) is 30.4 Å². The number of hydrogen-bond acceptors (Lipinski definition) is 5. The van der Waals surface area contributed by atoms with Crippen molar-refractivity contribution >= 4 is 22.9 Å². The number of carbonyl (C=O) groups is 1. The van der Waals surface area contributed by atoms with Crippen molar-refractivity contribution < 1.29 is 19.4 Å². The maximum absolute atomic E-state index is 12.2. The van der Waals surface area contributed by atoms with E-state index in [1.165, 1.54) is 19.4 Å². The van der Waals surface area contributed by atoms with Gasteiger partial charge in [-0.3, -0.25) is 4.79 Å². The summed E-state index contributed by atoms with van der Waals surface area (Å²) in [5, 5.41) is 15.6. The number of methoxy groups -OCH3 is 1. The number of amides is 1. The molecule has 6 nitrogen and oxygen atoms in total. The first-order valence-corrected chi connectivity index (χ1v) is 8.42. The normalized spacial score (nSPS) is 12.1. The van der Waals surface area contributed by atoms with Crippen LogP contribution in [-0.2, 0) is 4.79 Å². The molecule has 0 fully saturated rings. The maximum Gasteiger partial charge on any atom is 0.280 e. The second kappa shape index (κ2) is 8.23. The molecule has 0 aliphatic carbocycles. The Labute approximate surface area is 157 Å². The Morgan fingerprint density at radius 2 is 1.89 bits per heavy atom. The fourth-order valence-electron chi connectivity index (χ4n) is 2.53. The SMILES string of the molecule is COc1cc(/C=N/NC(=O)[C@@H](C)Oc2ccc3ccccc3c2)ccc1O. The van der Waals surface area contributed by atoms with E-state index in [1.807, 2.05) is 42.5 Å². The highest BCUT2D eigenvalue weighted by atomic mass is 16.5. The quantitative estimate of drug-likeness (QED) is 0.518. The lowest BCUT2D eigenvalue weighted by Crippen LogP contribution is -2.33. The number of nitrogens with zero attached hydrogens (tertiary/aromatic N) is 1. The lowest BCUT2D eigenvalue weighted by Gasteiger charge is -2.13. The third kappa shape index (κ3) is 4.55. The number of benzene rings is 3. The fourth-order valence-corrected chi connectivity index (χ4v) is 2.53. The minimum absolute atomic E-state index is 0.0380. The largest absolute Gasteiger partial charge is 0.504 e. The van der Waals surface area contributed by atoms with Gasteiger partial charge in [-0.2, -0.15) is 5.10 Å². The summed E-state index contributed by atoms with van der Waals surface area (Å²) in [5.74, 6) is 0.614. The molecule has 6 heteroatoms. The Morgan fingerprint density at radius 1 is 1.11 bits per heavy atom. The number of phenols is 1. The molecule has 0 radical (unpaired) electrons. The number of nitrogens with one attached hydrogen (secondary N) is 1. The molecule has 0 aliphatic rings. The molecule has 3 aromatic carbocycles. The van der Waals surface area contributed by atoms with Crippen LogP contribution in [0, 0.1) is 0 Å². The molecule has 0 saturated carbocycles. The van der Waals surface area contributed by atoms with Crippen molar-refractivity contribution in [2.24, 2.45) is 5.10 Å². The Hall–Kier alpha value is -3.54. The van der Waals surface area contributed by atoms with Crippen molar-refractivity contribution in [2.75, 3.05) is 7.11 Å². The van der Waals surface area contributed by atoms with Crippen molar-refractivity contribution in [2.45, 2.75) is 13.0 Å². The third-order valence-corrected chi connectivity index (χ3v) is 4.00. The van der Waals surface area contributed by atoms with Crippen molar-refractivity contribution in [3.05, 3.63) is 66.2 Å². The minimum Gasteiger partial charge on any atom is -0.504 e. The van der Waals surface area contributed by atoms with Gasteiger partial charge in [0.25, 0.3) is 5.91 Å². The second-order valence-electron chi connectivity index (χ2n) is 5.93. The van der Waals surface area contributed by atoms with E-state index >= 15 is 0 Å². The van der Waals surface area contributed by atoms with Crippen molar-refractivity contribution in [3.8, 4) is 17.2 Å². The molecule has 0 saturated heterocycles. The van der Waals surface area contributed by atoms with Gasteiger partial charge in [-0.25, -0.2) is 5.43 Å². The van der Waals surface area contributed by atoms with Crippen LogP contribution in [0.3, 0.4) is 0 Å². The van der Waals surface area contributed by atoms with Crippen LogP contribution in [0.25, 0.3) is 10.8 Å². The highest BCUT2D eigenvalue weighted by molar-refractivity contribution is 5.86. The third-order valence-electron chi connectivity index (χ3n) is 4.00. The predicted molar refractivity (Wildman–Crippen MR) is 104 cm³/mol. The van der Waals surface area contributed by atoms with Crippen LogP contribution in [0.4, 0.5) is 0 Å². The van der Waals surface area contributed by atoms with Crippen LogP contribution in [0.1, 0.15) is 12.5 Å². The molecular formula is C21H20N2O4. The van der Waals surface area contributed by atoms with Crippen LogP contribution >= 0.6 is 0 Å². The van der Waals surface area contributed by atoms with Crippen molar-refractivity contribution in [1.82, 2.24) is 5.43 Å². The highest BCUT2D eigenvalue weighted by Crippen LogP contribution is 2.25. The summed E-state index contributed by atoms with van der Waals surface area (Å²) >= 11 is 0. The Bertz CT molecular complexity index is 985. The summed E-state index contributed by atoms with van der Waals surface area (Å²) < 4.78 is 10.7. The molecule has 0 aliphatic heterocycles. The smallest absolute Gasteiger partial charge is 0.280 e. The first-order valence-electron chi connectivity index (χ1n) is 8.42. The number of fused-ring (bicyclic) bond motifs is 1. The van der Waals surface area contributed by atoms with E-state index in [4.69, 9.17) is 9.47 Å². The molecule has 138 valence electrons. The number of rotatable bonds is 6. The Morgan fingerprint density at radius 3 is 2.67 bits per heavy atom. The van der Waals surface area contributed by atoms with Gasteiger partial charge in [-0.05, 0) is 53.6 Å². The van der Waals surface area contributed by atoms with Gasteiger partial charge < -0.3 is 14.6 Å². The number of carbonyl (C=O) groups excluding carboxylic acids is 1. The van der Waals surface area contributed by atoms with E-state index in [0.29, 0.717) is 17.1 Å². The molecule has 0 unspecified atom stereocenters. The van der Waals surface area contributed by atoms with E-state index in [9.17, 15) is 9.90 Å². The summed E-state index contributed by atoms with van der Waals surface area (Å²) in [4.78, 5) is 12.2. The molecule has 0 aromatic heterocycles. The summed E-state index contributed by atoms with van der Waals surface area (Å²) in [5.41, 5.74) is 3.12. The molecule has 1 amide bonds. The van der Waals surface area contributed by atoms with Crippen LogP contribution in [0.2, 0.25) is 0 Å². The van der Waals surface area contributed by atoms with Gasteiger partial charge in [-0.15, -0.1) is 0 Å². The van der Waals surface area contributed by atoms with E-state index in [-0.39, 0.29) is 11.7 Å². The topological polar surface area (TPSA) is 80.2 Å². The molecule has 3 rings (SSSR count). The first kappa shape index (κ1) is 18.3. The highest BCUT2D eigenvalue weighted by Gasteiger charge is 2.14. The van der Waals surface area contributed by atoms with E-state index in [1.54, 1.807) is 19.1 Å². The van der Waals surface area contributed by atoms with Crippen LogP contribution in [0.15, 0.2) is 65.8 Å². The zero-order chi connectivity index (χ0) is 19.2. The zero-order valence-corrected chi connectivity index (χ0v) is 15.0. The summed E-state index contributed by atoms with van der Waals surface area (Å²) in [6.45, 7) is 1.66. The van der Waals surface area contributed by atoms with E-state index in [2.05, 4.69) is 10.5 Å². The standard InChI is InChI=1S/C21H20N2O4/c1-14(27-18-9-8-16-5-3-4-6-17(16)12-18)21(25)23-22-13-15-7-10-19(24)20(11-15)26-2/h3-14,24H,1-2H3,(H,23,25)/b22-13+/t14-/m1/s1. The van der Waals surface area contributed by atoms with Gasteiger partial charge in [0.1, 0.15) is 5.75 Å². The molecule has 3 aromatic rings. The van der Waals surface area contributed by atoms with Crippen LogP contribution in [0.5, 0.6) is 17.2 Å². The number of ether oxygens (including phenoxy) is 2. The maximum atomic E-state index is 12.2. The van der Waals surface area contributed by atoms with Gasteiger partial charge in [0.15, 0.2) is 17.6 Å². The zero-order valence-electron chi connectivity index (χ0n) is 15.0. The summed E-state index contributed by atoms with van der Waals surface area (Å²) in [6.07, 6.45) is 0.750. The summed E-state index contributed by atoms with van der Waals surface area (Å²) in [7, 11) is 1.46. The number of hydrogen-bond donors (Lipinski definition) is 2. The van der Waals surface area contributed by atoms with E-state index in [0.717, 1.165) is 10.8 Å². The molecule has 1 atom stereocenters. The molecule has 27 heavy (non-hydrogen) atoms. The van der Waals surface area contributed by atoms with Crippen LogP contribution < -0.4 is 14.9 Å². The first-order chi connectivity index (χ1) is 13.1. The van der Waals surface area contributed by atoms with Gasteiger partial charge in [0, 0.05) is 0 Å².